The van der Waals surface area contributed by atoms with Crippen LogP contribution in [0.2, 0.25) is 0 Å². The molecule has 3 aromatic rings. The van der Waals surface area contributed by atoms with Crippen molar-refractivity contribution in [3.63, 3.8) is 0 Å². The maximum atomic E-state index is 13.2. The van der Waals surface area contributed by atoms with Crippen LogP contribution in [-0.4, -0.2) is 36.4 Å². The van der Waals surface area contributed by atoms with E-state index >= 15 is 0 Å². The van der Waals surface area contributed by atoms with E-state index in [1.807, 2.05) is 47.4 Å². The number of amides is 2. The van der Waals surface area contributed by atoms with Gasteiger partial charge >= 0.3 is 0 Å². The number of carbonyl (C=O) groups is 2. The minimum Gasteiger partial charge on any atom is -0.484 e. The van der Waals surface area contributed by atoms with E-state index < -0.39 is 0 Å². The lowest BCUT2D eigenvalue weighted by molar-refractivity contribution is -0.135. The second-order valence-electron chi connectivity index (χ2n) is 7.88. The monoisotopic (exact) mass is 432 g/mol. The van der Waals surface area contributed by atoms with Crippen LogP contribution >= 0.6 is 11.3 Å². The van der Waals surface area contributed by atoms with Gasteiger partial charge in [-0.15, -0.1) is 11.3 Å². The third-order valence-electron chi connectivity index (χ3n) is 5.99. The van der Waals surface area contributed by atoms with Crippen molar-refractivity contribution in [2.24, 2.45) is 0 Å². The Labute approximate surface area is 185 Å². The molecule has 2 amide bonds. The van der Waals surface area contributed by atoms with Crippen LogP contribution in [0.25, 0.3) is 0 Å². The van der Waals surface area contributed by atoms with Crippen LogP contribution in [0, 0.1) is 0 Å². The average Bonchev–Trinajstić information content (AvgIpc) is 3.46. The fraction of sp³-hybridized carbons (Fsp3) is 0.280. The summed E-state index contributed by atoms with van der Waals surface area (Å²) in [4.78, 5) is 30.2. The van der Waals surface area contributed by atoms with Crippen LogP contribution in [-0.2, 0) is 16.0 Å². The lowest BCUT2D eigenvalue weighted by Crippen LogP contribution is -2.42. The molecule has 0 saturated carbocycles. The molecule has 0 N–H and O–H groups in total. The summed E-state index contributed by atoms with van der Waals surface area (Å²) >= 11 is 1.76. The molecule has 0 spiro atoms. The summed E-state index contributed by atoms with van der Waals surface area (Å²) in [5, 5.41) is 2.11. The molecule has 158 valence electrons. The van der Waals surface area contributed by atoms with Gasteiger partial charge in [0.25, 0.3) is 5.91 Å². The second-order valence-corrected chi connectivity index (χ2v) is 8.88. The van der Waals surface area contributed by atoms with Gasteiger partial charge in [0.05, 0.1) is 6.04 Å². The molecule has 1 aromatic heterocycles. The Morgan fingerprint density at radius 3 is 2.55 bits per heavy atom. The molecule has 0 aliphatic carbocycles. The van der Waals surface area contributed by atoms with Gasteiger partial charge in [-0.1, -0.05) is 30.3 Å². The Bertz CT molecular complexity index is 1080. The van der Waals surface area contributed by atoms with Crippen LogP contribution in [0.4, 0.5) is 5.69 Å². The summed E-state index contributed by atoms with van der Waals surface area (Å²) in [5.41, 5.74) is 3.22. The smallest absolute Gasteiger partial charge is 0.261 e. The van der Waals surface area contributed by atoms with Gasteiger partial charge in [-0.25, -0.2) is 0 Å². The van der Waals surface area contributed by atoms with Crippen molar-refractivity contribution in [1.29, 1.82) is 0 Å². The van der Waals surface area contributed by atoms with Gasteiger partial charge in [-0.3, -0.25) is 9.59 Å². The summed E-state index contributed by atoms with van der Waals surface area (Å²) < 4.78 is 5.83. The molecule has 1 fully saturated rings. The van der Waals surface area contributed by atoms with Gasteiger partial charge in [-0.2, -0.15) is 0 Å². The van der Waals surface area contributed by atoms with E-state index in [-0.39, 0.29) is 24.5 Å². The van der Waals surface area contributed by atoms with Gasteiger partial charge < -0.3 is 14.5 Å². The lowest BCUT2D eigenvalue weighted by atomic mass is 9.93. The molecule has 2 aromatic carbocycles. The van der Waals surface area contributed by atoms with E-state index in [1.54, 1.807) is 16.2 Å². The molecule has 1 saturated heterocycles. The third-order valence-corrected chi connectivity index (χ3v) is 6.98. The fourth-order valence-corrected chi connectivity index (χ4v) is 5.36. The van der Waals surface area contributed by atoms with E-state index in [0.717, 1.165) is 30.6 Å². The molecule has 0 bridgehead atoms. The average molecular weight is 433 g/mol. The minimum atomic E-state index is -0.0733. The number of benzene rings is 2. The summed E-state index contributed by atoms with van der Waals surface area (Å²) in [6, 6.07) is 19.7. The zero-order valence-electron chi connectivity index (χ0n) is 17.2. The zero-order chi connectivity index (χ0) is 21.2. The zero-order valence-corrected chi connectivity index (χ0v) is 18.0. The topological polar surface area (TPSA) is 49.9 Å². The highest BCUT2D eigenvalue weighted by molar-refractivity contribution is 7.10. The van der Waals surface area contributed by atoms with Crippen molar-refractivity contribution in [1.82, 2.24) is 4.90 Å². The van der Waals surface area contributed by atoms with E-state index in [1.165, 1.54) is 10.4 Å². The normalized spacial score (nSPS) is 18.2. The summed E-state index contributed by atoms with van der Waals surface area (Å²) in [6.45, 7) is 1.44. The number of thiophene rings is 1. The first-order valence-electron chi connectivity index (χ1n) is 10.6. The molecule has 5 nitrogen and oxygen atoms in total. The van der Waals surface area contributed by atoms with Crippen LogP contribution < -0.4 is 9.64 Å². The molecule has 2 aliphatic rings. The molecule has 1 atom stereocenters. The summed E-state index contributed by atoms with van der Waals surface area (Å²) in [5.74, 6) is 0.770. The lowest BCUT2D eigenvalue weighted by Gasteiger charge is -2.36. The Morgan fingerprint density at radius 1 is 1.00 bits per heavy atom. The Balaban J connectivity index is 1.29. The SMILES string of the molecule is O=C1CCCN1c1ccc(OCC(=O)N2CCc3sccc3C2c2ccccc2)cc1. The predicted molar refractivity (Wildman–Crippen MR) is 122 cm³/mol. The van der Waals surface area contributed by atoms with Crippen molar-refractivity contribution in [3.05, 3.63) is 82.0 Å². The Hall–Kier alpha value is -3.12. The summed E-state index contributed by atoms with van der Waals surface area (Å²) in [7, 11) is 0. The maximum absolute atomic E-state index is 13.2. The number of nitrogens with zero attached hydrogens (tertiary/aromatic N) is 2. The molecule has 31 heavy (non-hydrogen) atoms. The molecule has 6 heteroatoms. The number of rotatable bonds is 5. The first-order chi connectivity index (χ1) is 15.2. The minimum absolute atomic E-state index is 0.00913. The first-order valence-corrected chi connectivity index (χ1v) is 11.5. The van der Waals surface area contributed by atoms with Gasteiger partial charge in [-0.05, 0) is 59.7 Å². The van der Waals surface area contributed by atoms with Gasteiger partial charge in [0, 0.05) is 30.1 Å². The highest BCUT2D eigenvalue weighted by Crippen LogP contribution is 2.37. The Kier molecular flexibility index (Phi) is 5.47. The first kappa shape index (κ1) is 19.8. The number of carbonyl (C=O) groups excluding carboxylic acids is 2. The van der Waals surface area contributed by atoms with Gasteiger partial charge in [0.15, 0.2) is 6.61 Å². The van der Waals surface area contributed by atoms with Crippen molar-refractivity contribution in [2.45, 2.75) is 25.3 Å². The van der Waals surface area contributed by atoms with Crippen molar-refractivity contribution < 1.29 is 14.3 Å². The molecule has 0 radical (unpaired) electrons. The van der Waals surface area contributed by atoms with Crippen LogP contribution in [0.1, 0.15) is 34.9 Å². The highest BCUT2D eigenvalue weighted by atomic mass is 32.1. The Morgan fingerprint density at radius 2 is 1.81 bits per heavy atom. The van der Waals surface area contributed by atoms with Gasteiger partial charge in [0.2, 0.25) is 5.91 Å². The summed E-state index contributed by atoms with van der Waals surface area (Å²) in [6.07, 6.45) is 2.38. The quantitative estimate of drug-likeness (QED) is 0.599. The molecule has 3 heterocycles. The molecule has 5 rings (SSSR count). The fourth-order valence-electron chi connectivity index (χ4n) is 4.45. The largest absolute Gasteiger partial charge is 0.484 e. The highest BCUT2D eigenvalue weighted by Gasteiger charge is 2.32. The van der Waals surface area contributed by atoms with E-state index in [9.17, 15) is 9.59 Å². The molecule has 1 unspecified atom stereocenters. The van der Waals surface area contributed by atoms with Crippen LogP contribution in [0.3, 0.4) is 0 Å². The van der Waals surface area contributed by atoms with Crippen molar-refractivity contribution in [3.8, 4) is 5.75 Å². The number of anilines is 1. The molecule has 2 aliphatic heterocycles. The molecular formula is C25H24N2O3S. The number of fused-ring (bicyclic) bond motifs is 1. The predicted octanol–water partition coefficient (Wildman–Crippen LogP) is 4.43. The van der Waals surface area contributed by atoms with E-state index in [0.29, 0.717) is 18.7 Å². The number of ether oxygens (including phenoxy) is 1. The van der Waals surface area contributed by atoms with Crippen LogP contribution in [0.5, 0.6) is 5.75 Å². The molecular weight excluding hydrogens is 408 g/mol. The van der Waals surface area contributed by atoms with Crippen molar-refractivity contribution in [2.75, 3.05) is 24.6 Å². The standard InChI is InChI=1S/C25H24N2O3S/c28-23-7-4-14-26(23)19-8-10-20(11-9-19)30-17-24(29)27-15-12-22-21(13-16-31-22)25(27)18-5-2-1-3-6-18/h1-3,5-6,8-11,13,16,25H,4,7,12,14-15,17H2. The number of hydrogen-bond donors (Lipinski definition) is 0. The van der Waals surface area contributed by atoms with Gasteiger partial charge in [0.1, 0.15) is 5.75 Å². The third kappa shape index (κ3) is 3.95. The number of hydrogen-bond acceptors (Lipinski definition) is 4. The second kappa shape index (κ2) is 8.55. The van der Waals surface area contributed by atoms with E-state index in [2.05, 4.69) is 23.6 Å². The van der Waals surface area contributed by atoms with E-state index in [4.69, 9.17) is 4.74 Å². The van der Waals surface area contributed by atoms with Crippen molar-refractivity contribution >= 4 is 28.8 Å². The maximum Gasteiger partial charge on any atom is 0.261 e. The van der Waals surface area contributed by atoms with Crippen LogP contribution in [0.15, 0.2) is 66.0 Å².